The lowest BCUT2D eigenvalue weighted by atomic mass is 9.69. The topological polar surface area (TPSA) is 46.6 Å². The number of carbonyl (C=O) groups excluding carboxylic acids is 2. The molecule has 0 spiro atoms. The fourth-order valence-corrected chi connectivity index (χ4v) is 3.82. The highest BCUT2D eigenvalue weighted by molar-refractivity contribution is 5.88. The lowest BCUT2D eigenvalue weighted by Crippen LogP contribution is -2.43. The van der Waals surface area contributed by atoms with E-state index in [1.54, 1.807) is 0 Å². The van der Waals surface area contributed by atoms with Gasteiger partial charge >= 0.3 is 5.97 Å². The van der Waals surface area contributed by atoms with Gasteiger partial charge in [-0.15, -0.1) is 12.4 Å². The fraction of sp³-hybridized carbons (Fsp3) is 0.619. The summed E-state index contributed by atoms with van der Waals surface area (Å²) in [5, 5.41) is 0. The van der Waals surface area contributed by atoms with Crippen LogP contribution in [0.5, 0.6) is 0 Å². The molecular weight excluding hydrogens is 350 g/mol. The highest BCUT2D eigenvalue weighted by Gasteiger charge is 2.44. The minimum atomic E-state index is -0.671. The molecule has 1 saturated carbocycles. The van der Waals surface area contributed by atoms with E-state index in [4.69, 9.17) is 4.74 Å². The molecule has 1 aromatic rings. The molecular formula is C21H32ClNO3. The molecule has 0 radical (unpaired) electrons. The third-order valence-electron chi connectivity index (χ3n) is 5.29. The smallest absolute Gasteiger partial charge is 0.316 e. The van der Waals surface area contributed by atoms with Gasteiger partial charge in [-0.3, -0.25) is 14.5 Å². The van der Waals surface area contributed by atoms with Crippen LogP contribution in [-0.4, -0.2) is 41.9 Å². The molecule has 0 atom stereocenters. The predicted octanol–water partition coefficient (Wildman–Crippen LogP) is 4.15. The average molecular weight is 382 g/mol. The molecule has 0 bridgehead atoms. The van der Waals surface area contributed by atoms with Crippen LogP contribution in [0.15, 0.2) is 30.3 Å². The van der Waals surface area contributed by atoms with Crippen LogP contribution in [0.3, 0.4) is 0 Å². The number of halogens is 1. The first kappa shape index (κ1) is 22.7. The first-order valence-electron chi connectivity index (χ1n) is 9.37. The number of ether oxygens (including phenoxy) is 1. The Labute approximate surface area is 163 Å². The van der Waals surface area contributed by atoms with E-state index >= 15 is 0 Å². The number of rotatable bonds is 7. The minimum absolute atomic E-state index is 0. The molecule has 2 rings (SSSR count). The zero-order valence-electron chi connectivity index (χ0n) is 16.4. The maximum atomic E-state index is 13.0. The van der Waals surface area contributed by atoms with Crippen molar-refractivity contribution in [3.63, 3.8) is 0 Å². The molecule has 0 aromatic heterocycles. The van der Waals surface area contributed by atoms with Crippen LogP contribution in [0, 0.1) is 0 Å². The molecule has 1 fully saturated rings. The van der Waals surface area contributed by atoms with Gasteiger partial charge in [0.2, 0.25) is 0 Å². The summed E-state index contributed by atoms with van der Waals surface area (Å²) in [7, 11) is 0. The molecule has 0 saturated heterocycles. The third-order valence-corrected chi connectivity index (χ3v) is 5.29. The van der Waals surface area contributed by atoms with Gasteiger partial charge in [0.1, 0.15) is 12.4 Å². The summed E-state index contributed by atoms with van der Waals surface area (Å²) in [5.74, 6) is 0.0591. The van der Waals surface area contributed by atoms with Crippen molar-refractivity contribution >= 4 is 24.2 Å². The molecule has 26 heavy (non-hydrogen) atoms. The Hall–Kier alpha value is -1.39. The van der Waals surface area contributed by atoms with E-state index in [1.807, 2.05) is 30.3 Å². The second-order valence-corrected chi connectivity index (χ2v) is 7.55. The Morgan fingerprint density at radius 2 is 1.62 bits per heavy atom. The van der Waals surface area contributed by atoms with Crippen LogP contribution >= 0.6 is 12.4 Å². The number of benzene rings is 1. The van der Waals surface area contributed by atoms with E-state index in [0.29, 0.717) is 44.4 Å². The second-order valence-electron chi connectivity index (χ2n) is 7.55. The summed E-state index contributed by atoms with van der Waals surface area (Å²) >= 11 is 0. The van der Waals surface area contributed by atoms with E-state index in [0.717, 1.165) is 12.1 Å². The van der Waals surface area contributed by atoms with Gasteiger partial charge in [0.25, 0.3) is 0 Å². The Morgan fingerprint density at radius 3 is 2.12 bits per heavy atom. The summed E-state index contributed by atoms with van der Waals surface area (Å²) in [4.78, 5) is 27.0. The van der Waals surface area contributed by atoms with Crippen molar-refractivity contribution in [3.8, 4) is 0 Å². The van der Waals surface area contributed by atoms with Gasteiger partial charge < -0.3 is 4.74 Å². The quantitative estimate of drug-likeness (QED) is 0.665. The Bertz CT molecular complexity index is 568. The molecule has 4 nitrogen and oxygen atoms in total. The van der Waals surface area contributed by atoms with Crippen molar-refractivity contribution in [1.82, 2.24) is 4.90 Å². The lowest BCUT2D eigenvalue weighted by molar-refractivity contribution is -0.153. The molecule has 0 N–H and O–H groups in total. The van der Waals surface area contributed by atoms with Gasteiger partial charge in [-0.2, -0.15) is 0 Å². The normalized spacial score (nSPS) is 16.7. The largest absolute Gasteiger partial charge is 0.464 e. The lowest BCUT2D eigenvalue weighted by Gasteiger charge is -2.35. The number of carbonyl (C=O) groups is 2. The van der Waals surface area contributed by atoms with Crippen LogP contribution < -0.4 is 0 Å². The fourth-order valence-electron chi connectivity index (χ4n) is 3.82. The van der Waals surface area contributed by atoms with Gasteiger partial charge in [-0.05, 0) is 46.1 Å². The number of Topliss-reactive ketones (excluding diaryl/α,β-unsaturated/α-hetero) is 1. The molecule has 0 heterocycles. The van der Waals surface area contributed by atoms with E-state index < -0.39 is 5.41 Å². The molecule has 146 valence electrons. The van der Waals surface area contributed by atoms with Crippen LogP contribution in [0.25, 0.3) is 0 Å². The number of esters is 1. The molecule has 5 heteroatoms. The van der Waals surface area contributed by atoms with E-state index in [2.05, 4.69) is 32.6 Å². The number of hydrogen-bond acceptors (Lipinski definition) is 4. The summed E-state index contributed by atoms with van der Waals surface area (Å²) in [5.41, 5.74) is 0.299. The van der Waals surface area contributed by atoms with Gasteiger partial charge in [-0.1, -0.05) is 30.3 Å². The first-order chi connectivity index (χ1) is 11.9. The molecule has 1 aliphatic rings. The molecule has 0 aliphatic heterocycles. The van der Waals surface area contributed by atoms with E-state index in [-0.39, 0.29) is 24.2 Å². The van der Waals surface area contributed by atoms with Crippen LogP contribution in [0.2, 0.25) is 0 Å². The van der Waals surface area contributed by atoms with Gasteiger partial charge in [0, 0.05) is 31.5 Å². The van der Waals surface area contributed by atoms with Gasteiger partial charge in [-0.25, -0.2) is 0 Å². The van der Waals surface area contributed by atoms with Gasteiger partial charge in [0.05, 0.1) is 5.41 Å². The van der Waals surface area contributed by atoms with Gasteiger partial charge in [0.15, 0.2) is 0 Å². The van der Waals surface area contributed by atoms with Crippen LogP contribution in [0.1, 0.15) is 58.9 Å². The molecule has 0 amide bonds. The zero-order chi connectivity index (χ0) is 18.4. The van der Waals surface area contributed by atoms with Crippen molar-refractivity contribution in [1.29, 1.82) is 0 Å². The van der Waals surface area contributed by atoms with Crippen molar-refractivity contribution in [2.45, 2.75) is 70.9 Å². The Balaban J connectivity index is 0.00000338. The third kappa shape index (κ3) is 5.31. The van der Waals surface area contributed by atoms with Crippen LogP contribution in [-0.2, 0) is 19.7 Å². The molecule has 1 aromatic carbocycles. The maximum Gasteiger partial charge on any atom is 0.316 e. The molecule has 1 aliphatic carbocycles. The standard InChI is InChI=1S/C21H31NO3.ClH/c1-16(2)22(17(3)4)14-15-25-20(24)21(12-10-19(23)11-13-21)18-8-6-5-7-9-18;/h5-9,16-17H,10-15H2,1-4H3;1H. The minimum Gasteiger partial charge on any atom is -0.464 e. The molecule has 0 unspecified atom stereocenters. The van der Waals surface area contributed by atoms with Crippen molar-refractivity contribution in [2.75, 3.05) is 13.2 Å². The maximum absolute atomic E-state index is 13.0. The highest BCUT2D eigenvalue weighted by atomic mass is 35.5. The monoisotopic (exact) mass is 381 g/mol. The van der Waals surface area contributed by atoms with Crippen LogP contribution in [0.4, 0.5) is 0 Å². The second kappa shape index (κ2) is 10.1. The Morgan fingerprint density at radius 1 is 1.08 bits per heavy atom. The SMILES string of the molecule is CC(C)N(CCOC(=O)C1(c2ccccc2)CCC(=O)CC1)C(C)C.Cl. The summed E-state index contributed by atoms with van der Waals surface area (Å²) in [6.45, 7) is 9.72. The van der Waals surface area contributed by atoms with E-state index in [1.165, 1.54) is 0 Å². The van der Waals surface area contributed by atoms with Crippen molar-refractivity contribution in [2.24, 2.45) is 0 Å². The summed E-state index contributed by atoms with van der Waals surface area (Å²) in [6.07, 6.45) is 2.00. The average Bonchev–Trinajstić information content (AvgIpc) is 2.59. The zero-order valence-corrected chi connectivity index (χ0v) is 17.2. The Kier molecular flexibility index (Phi) is 8.78. The predicted molar refractivity (Wildman–Crippen MR) is 107 cm³/mol. The summed E-state index contributed by atoms with van der Waals surface area (Å²) < 4.78 is 5.71. The number of nitrogens with zero attached hydrogens (tertiary/aromatic N) is 1. The number of ketones is 1. The van der Waals surface area contributed by atoms with Crippen molar-refractivity contribution < 1.29 is 14.3 Å². The number of hydrogen-bond donors (Lipinski definition) is 0. The first-order valence-corrected chi connectivity index (χ1v) is 9.37. The van der Waals surface area contributed by atoms with Crippen molar-refractivity contribution in [3.05, 3.63) is 35.9 Å². The van der Waals surface area contributed by atoms with E-state index in [9.17, 15) is 9.59 Å². The summed E-state index contributed by atoms with van der Waals surface area (Å²) in [6, 6.07) is 10.6. The highest BCUT2D eigenvalue weighted by Crippen LogP contribution is 2.39.